The standard InChI is InChI=1S/C18H34O2.C11H20O3.C11H22O.C4H8O2/c1-2-3-4-5-6-7-8-9-10-11-12-13-14-15-16-17-18(19)20;12-10-8-6-4-2-1-3-5-7-9-11(13)14;1-2-3-4-5-6-7-8-9-10-11-12;5-3-1-2-4-6/h9-10H,2-8,11-17H2,1H3,(H,19,20);6,8,12H,1-5,7,9-10H2,(H,13,14);9-10,12H,2-8,11H2,1H3;1-2,5-6H,3-4H2/b10-9-;8-6-;10-9-;2-1-. The maximum atomic E-state index is 10.3. The van der Waals surface area contributed by atoms with E-state index in [1.165, 1.54) is 121 Å². The zero-order valence-electron chi connectivity index (χ0n) is 33.7. The van der Waals surface area contributed by atoms with Gasteiger partial charge in [0, 0.05) is 12.8 Å². The van der Waals surface area contributed by atoms with Crippen LogP contribution in [-0.4, -0.2) is 69.0 Å². The van der Waals surface area contributed by atoms with Gasteiger partial charge >= 0.3 is 11.9 Å². The third-order valence-electron chi connectivity index (χ3n) is 8.06. The second-order valence-corrected chi connectivity index (χ2v) is 13.1. The molecule has 0 radical (unpaired) electrons. The van der Waals surface area contributed by atoms with Crippen molar-refractivity contribution < 1.29 is 40.2 Å². The predicted molar refractivity (Wildman–Crippen MR) is 221 cm³/mol. The van der Waals surface area contributed by atoms with Crippen molar-refractivity contribution in [1.29, 1.82) is 0 Å². The Kier molecular flexibility index (Phi) is 63.1. The van der Waals surface area contributed by atoms with Crippen molar-refractivity contribution in [2.45, 2.75) is 194 Å². The summed E-state index contributed by atoms with van der Waals surface area (Å²) in [6.45, 7) is 4.84. The van der Waals surface area contributed by atoms with Crippen LogP contribution in [0.4, 0.5) is 0 Å². The van der Waals surface area contributed by atoms with Crippen LogP contribution in [0.25, 0.3) is 0 Å². The highest BCUT2D eigenvalue weighted by atomic mass is 16.4. The van der Waals surface area contributed by atoms with Gasteiger partial charge < -0.3 is 30.6 Å². The van der Waals surface area contributed by atoms with Gasteiger partial charge in [-0.1, -0.05) is 165 Å². The summed E-state index contributed by atoms with van der Waals surface area (Å²) in [4.78, 5) is 20.5. The van der Waals surface area contributed by atoms with E-state index in [4.69, 9.17) is 30.6 Å². The highest BCUT2D eigenvalue weighted by molar-refractivity contribution is 5.66. The number of carboxylic acid groups (broad SMARTS) is 2. The Bertz CT molecular complexity index is 770. The lowest BCUT2D eigenvalue weighted by atomic mass is 10.1. The average molecular weight is 741 g/mol. The molecular formula is C44H84O8. The van der Waals surface area contributed by atoms with Gasteiger partial charge in [0.1, 0.15) is 0 Å². The maximum Gasteiger partial charge on any atom is 0.303 e. The van der Waals surface area contributed by atoms with Crippen LogP contribution in [0, 0.1) is 0 Å². The van der Waals surface area contributed by atoms with E-state index in [1.807, 2.05) is 12.2 Å². The molecule has 0 aromatic heterocycles. The number of carbonyl (C=O) groups is 2. The summed E-state index contributed by atoms with van der Waals surface area (Å²) in [7, 11) is 0. The van der Waals surface area contributed by atoms with Gasteiger partial charge in [-0.2, -0.15) is 0 Å². The van der Waals surface area contributed by atoms with E-state index < -0.39 is 11.9 Å². The van der Waals surface area contributed by atoms with Crippen molar-refractivity contribution in [1.82, 2.24) is 0 Å². The molecule has 8 nitrogen and oxygen atoms in total. The van der Waals surface area contributed by atoms with Gasteiger partial charge in [-0.3, -0.25) is 9.59 Å². The molecule has 0 aromatic rings. The lowest BCUT2D eigenvalue weighted by Gasteiger charge is -1.99. The number of aliphatic carboxylic acids is 2. The molecule has 308 valence electrons. The van der Waals surface area contributed by atoms with Crippen molar-refractivity contribution in [2.24, 2.45) is 0 Å². The summed E-state index contributed by atoms with van der Waals surface area (Å²) < 4.78 is 0. The first-order chi connectivity index (χ1) is 25.4. The van der Waals surface area contributed by atoms with Crippen molar-refractivity contribution in [3.63, 3.8) is 0 Å². The van der Waals surface area contributed by atoms with Gasteiger partial charge in [0.05, 0.1) is 26.4 Å². The molecule has 0 saturated carbocycles. The molecule has 0 bridgehead atoms. The Balaban J connectivity index is -0.000000317. The highest BCUT2D eigenvalue weighted by Gasteiger charge is 1.97. The maximum absolute atomic E-state index is 10.3. The molecule has 0 rings (SSSR count). The van der Waals surface area contributed by atoms with Gasteiger partial charge in [0.2, 0.25) is 0 Å². The molecule has 0 heterocycles. The van der Waals surface area contributed by atoms with Gasteiger partial charge in [0.15, 0.2) is 0 Å². The number of hydrogen-bond donors (Lipinski definition) is 6. The summed E-state index contributed by atoms with van der Waals surface area (Å²) in [5.74, 6) is -1.36. The van der Waals surface area contributed by atoms with Gasteiger partial charge in [-0.25, -0.2) is 0 Å². The van der Waals surface area contributed by atoms with E-state index in [2.05, 4.69) is 32.1 Å². The molecule has 0 aromatic carbocycles. The van der Waals surface area contributed by atoms with Crippen molar-refractivity contribution in [3.8, 4) is 0 Å². The minimum atomic E-state index is -0.698. The molecule has 0 fully saturated rings. The van der Waals surface area contributed by atoms with Crippen molar-refractivity contribution >= 4 is 11.9 Å². The quantitative estimate of drug-likeness (QED) is 0.0281. The first-order valence-corrected chi connectivity index (χ1v) is 20.8. The molecule has 8 heteroatoms. The normalized spacial score (nSPS) is 11.0. The highest BCUT2D eigenvalue weighted by Crippen LogP contribution is 2.10. The van der Waals surface area contributed by atoms with Crippen LogP contribution < -0.4 is 0 Å². The van der Waals surface area contributed by atoms with Crippen LogP contribution in [0.5, 0.6) is 0 Å². The smallest absolute Gasteiger partial charge is 0.303 e. The summed E-state index contributed by atoms with van der Waals surface area (Å²) in [6.07, 6.45) is 47.6. The average Bonchev–Trinajstić information content (AvgIpc) is 3.13. The van der Waals surface area contributed by atoms with Crippen molar-refractivity contribution in [2.75, 3.05) is 26.4 Å². The van der Waals surface area contributed by atoms with Crippen LogP contribution in [0.1, 0.15) is 194 Å². The molecule has 0 saturated heterocycles. The van der Waals surface area contributed by atoms with Crippen LogP contribution in [0.3, 0.4) is 0 Å². The molecule has 52 heavy (non-hydrogen) atoms. The van der Waals surface area contributed by atoms with Crippen LogP contribution in [0.2, 0.25) is 0 Å². The summed E-state index contributed by atoms with van der Waals surface area (Å²) in [5, 5.41) is 49.8. The molecular weight excluding hydrogens is 656 g/mol. The molecule has 0 spiro atoms. The second-order valence-electron chi connectivity index (χ2n) is 13.1. The van der Waals surface area contributed by atoms with Crippen LogP contribution >= 0.6 is 0 Å². The topological polar surface area (TPSA) is 156 Å². The molecule has 0 aliphatic rings. The van der Waals surface area contributed by atoms with E-state index in [9.17, 15) is 9.59 Å². The number of carboxylic acids is 2. The first-order valence-electron chi connectivity index (χ1n) is 20.8. The molecule has 0 atom stereocenters. The van der Waals surface area contributed by atoms with Gasteiger partial charge in [0.25, 0.3) is 0 Å². The predicted octanol–water partition coefficient (Wildman–Crippen LogP) is 11.3. The summed E-state index contributed by atoms with van der Waals surface area (Å²) >= 11 is 0. The summed E-state index contributed by atoms with van der Waals surface area (Å²) in [5.41, 5.74) is 0. The Hall–Kier alpha value is -2.26. The van der Waals surface area contributed by atoms with Gasteiger partial charge in [-0.15, -0.1) is 0 Å². The minimum absolute atomic E-state index is 0.0144. The summed E-state index contributed by atoms with van der Waals surface area (Å²) in [6, 6.07) is 0. The number of rotatable bonds is 34. The third-order valence-corrected chi connectivity index (χ3v) is 8.06. The van der Waals surface area contributed by atoms with E-state index in [-0.39, 0.29) is 26.4 Å². The van der Waals surface area contributed by atoms with E-state index in [0.29, 0.717) is 12.8 Å². The van der Waals surface area contributed by atoms with E-state index in [1.54, 1.807) is 6.08 Å². The Labute approximate surface area is 320 Å². The minimum Gasteiger partial charge on any atom is -0.481 e. The van der Waals surface area contributed by atoms with Crippen LogP contribution in [0.15, 0.2) is 48.6 Å². The van der Waals surface area contributed by atoms with E-state index >= 15 is 0 Å². The Morgan fingerprint density at radius 3 is 0.788 bits per heavy atom. The number of hydrogen-bond acceptors (Lipinski definition) is 6. The fourth-order valence-electron chi connectivity index (χ4n) is 4.99. The number of aliphatic hydroxyl groups is 4. The Morgan fingerprint density at radius 1 is 0.327 bits per heavy atom. The molecule has 0 aliphatic carbocycles. The van der Waals surface area contributed by atoms with Crippen LogP contribution in [-0.2, 0) is 9.59 Å². The third kappa shape index (κ3) is 73.2. The molecule has 0 unspecified atom stereocenters. The number of unbranched alkanes of at least 4 members (excludes halogenated alkanes) is 22. The SMILES string of the molecule is CCCCCCCC/C=C\CCCCCCCC(=O)O.CCCCCCCC/C=C\CO.O=C(O)CCCCCCC/C=C\CO.OC/C=C\CO. The zero-order chi connectivity index (χ0) is 39.4. The number of allylic oxidation sites excluding steroid dienone is 4. The fraction of sp³-hybridized carbons (Fsp3) is 0.773. The zero-order valence-corrected chi connectivity index (χ0v) is 33.7. The molecule has 6 N–H and O–H groups in total. The largest absolute Gasteiger partial charge is 0.481 e. The molecule has 0 amide bonds. The second kappa shape index (κ2) is 58.1. The monoisotopic (exact) mass is 741 g/mol. The van der Waals surface area contributed by atoms with Gasteiger partial charge in [-0.05, 0) is 64.2 Å². The Morgan fingerprint density at radius 2 is 0.538 bits per heavy atom. The van der Waals surface area contributed by atoms with Crippen molar-refractivity contribution in [3.05, 3.63) is 48.6 Å². The lowest BCUT2D eigenvalue weighted by molar-refractivity contribution is -0.138. The fourth-order valence-corrected chi connectivity index (χ4v) is 4.99. The lowest BCUT2D eigenvalue weighted by Crippen LogP contribution is -1.93. The number of aliphatic hydroxyl groups excluding tert-OH is 4. The molecule has 0 aliphatic heterocycles. The van der Waals surface area contributed by atoms with E-state index in [0.717, 1.165) is 57.8 Å². The first kappa shape index (κ1) is 56.5.